The van der Waals surface area contributed by atoms with Crippen LogP contribution in [0, 0.1) is 10.1 Å². The SMILES string of the molecule is CCOc1ccc(C(=O)NC(=S)Nc2ccc(N3CCOCC3)c([N+](=O)[O-])c2)cc1Cl. The van der Waals surface area contributed by atoms with E-state index >= 15 is 0 Å². The monoisotopic (exact) mass is 464 g/mol. The van der Waals surface area contributed by atoms with Crippen molar-refractivity contribution in [1.29, 1.82) is 0 Å². The van der Waals surface area contributed by atoms with Gasteiger partial charge in [0.1, 0.15) is 11.4 Å². The van der Waals surface area contributed by atoms with Gasteiger partial charge in [0, 0.05) is 30.4 Å². The van der Waals surface area contributed by atoms with E-state index in [4.69, 9.17) is 33.3 Å². The fraction of sp³-hybridized carbons (Fsp3) is 0.300. The minimum Gasteiger partial charge on any atom is -0.492 e. The fourth-order valence-electron chi connectivity index (χ4n) is 3.07. The number of anilines is 2. The van der Waals surface area contributed by atoms with Crippen LogP contribution in [0.2, 0.25) is 5.02 Å². The number of amides is 1. The molecule has 0 aromatic heterocycles. The van der Waals surface area contributed by atoms with E-state index in [2.05, 4.69) is 10.6 Å². The highest BCUT2D eigenvalue weighted by molar-refractivity contribution is 7.80. The lowest BCUT2D eigenvalue weighted by Crippen LogP contribution is -2.36. The predicted octanol–water partition coefficient (Wildman–Crippen LogP) is 3.61. The Morgan fingerprint density at radius 2 is 2.03 bits per heavy atom. The molecule has 31 heavy (non-hydrogen) atoms. The summed E-state index contributed by atoms with van der Waals surface area (Å²) in [6.45, 7) is 4.47. The molecule has 0 bridgehead atoms. The summed E-state index contributed by atoms with van der Waals surface area (Å²) >= 11 is 11.3. The summed E-state index contributed by atoms with van der Waals surface area (Å²) in [4.78, 5) is 25.5. The molecule has 2 aromatic carbocycles. The largest absolute Gasteiger partial charge is 0.492 e. The minimum atomic E-state index is -0.470. The predicted molar refractivity (Wildman–Crippen MR) is 122 cm³/mol. The third-order valence-corrected chi connectivity index (χ3v) is 5.00. The first kappa shape index (κ1) is 22.7. The van der Waals surface area contributed by atoms with Gasteiger partial charge >= 0.3 is 0 Å². The molecular weight excluding hydrogens is 444 g/mol. The second-order valence-corrected chi connectivity index (χ2v) is 7.36. The molecule has 2 aromatic rings. The Kier molecular flexibility index (Phi) is 7.61. The van der Waals surface area contributed by atoms with Gasteiger partial charge in [-0.2, -0.15) is 0 Å². The smallest absolute Gasteiger partial charge is 0.294 e. The summed E-state index contributed by atoms with van der Waals surface area (Å²) in [6.07, 6.45) is 0. The number of morpholine rings is 1. The summed E-state index contributed by atoms with van der Waals surface area (Å²) < 4.78 is 10.6. The van der Waals surface area contributed by atoms with Crippen LogP contribution in [0.1, 0.15) is 17.3 Å². The molecule has 11 heteroatoms. The molecule has 0 spiro atoms. The number of hydrogen-bond donors (Lipinski definition) is 2. The Morgan fingerprint density at radius 3 is 2.68 bits per heavy atom. The molecule has 164 valence electrons. The molecule has 0 atom stereocenters. The average Bonchev–Trinajstić information content (AvgIpc) is 2.75. The molecule has 1 heterocycles. The molecule has 9 nitrogen and oxygen atoms in total. The summed E-state index contributed by atoms with van der Waals surface area (Å²) in [5.74, 6) is 0.0102. The van der Waals surface area contributed by atoms with Crippen LogP contribution >= 0.6 is 23.8 Å². The Balaban J connectivity index is 1.68. The van der Waals surface area contributed by atoms with Crippen molar-refractivity contribution in [3.05, 3.63) is 57.1 Å². The highest BCUT2D eigenvalue weighted by Crippen LogP contribution is 2.31. The molecule has 0 radical (unpaired) electrons. The van der Waals surface area contributed by atoms with Gasteiger partial charge in [0.15, 0.2) is 5.11 Å². The van der Waals surface area contributed by atoms with E-state index in [1.54, 1.807) is 24.3 Å². The van der Waals surface area contributed by atoms with Gasteiger partial charge in [-0.1, -0.05) is 11.6 Å². The Bertz CT molecular complexity index is 998. The molecule has 3 rings (SSSR count). The third-order valence-electron chi connectivity index (χ3n) is 4.50. The number of nitro benzene ring substituents is 1. The first-order valence-electron chi connectivity index (χ1n) is 9.55. The number of hydrogen-bond acceptors (Lipinski definition) is 7. The Labute approximate surface area is 189 Å². The van der Waals surface area contributed by atoms with Gasteiger partial charge < -0.3 is 19.7 Å². The van der Waals surface area contributed by atoms with E-state index in [1.807, 2.05) is 11.8 Å². The van der Waals surface area contributed by atoms with E-state index in [1.165, 1.54) is 12.1 Å². The third kappa shape index (κ3) is 5.81. The Morgan fingerprint density at radius 1 is 1.29 bits per heavy atom. The van der Waals surface area contributed by atoms with Crippen molar-refractivity contribution >= 4 is 51.9 Å². The van der Waals surface area contributed by atoms with Crippen molar-refractivity contribution < 1.29 is 19.2 Å². The molecule has 1 fully saturated rings. The number of carbonyl (C=O) groups is 1. The number of halogens is 1. The fourth-order valence-corrected chi connectivity index (χ4v) is 3.52. The Hall–Kier alpha value is -2.95. The first-order chi connectivity index (χ1) is 14.9. The van der Waals surface area contributed by atoms with Crippen LogP contribution in [-0.4, -0.2) is 48.9 Å². The normalized spacial score (nSPS) is 13.4. The average molecular weight is 465 g/mol. The zero-order chi connectivity index (χ0) is 22.4. The van der Waals surface area contributed by atoms with E-state index in [0.717, 1.165) is 0 Å². The molecule has 0 saturated carbocycles. The van der Waals surface area contributed by atoms with Gasteiger partial charge in [0.25, 0.3) is 11.6 Å². The highest BCUT2D eigenvalue weighted by atomic mass is 35.5. The van der Waals surface area contributed by atoms with Gasteiger partial charge in [-0.25, -0.2) is 0 Å². The lowest BCUT2D eigenvalue weighted by Gasteiger charge is -2.28. The summed E-state index contributed by atoms with van der Waals surface area (Å²) in [6, 6.07) is 9.36. The molecule has 1 saturated heterocycles. The van der Waals surface area contributed by atoms with Crippen molar-refractivity contribution in [2.24, 2.45) is 0 Å². The van der Waals surface area contributed by atoms with Crippen LogP contribution < -0.4 is 20.3 Å². The van der Waals surface area contributed by atoms with Gasteiger partial charge in [-0.05, 0) is 49.5 Å². The maximum atomic E-state index is 12.4. The van der Waals surface area contributed by atoms with Crippen molar-refractivity contribution in [3.63, 3.8) is 0 Å². The van der Waals surface area contributed by atoms with Crippen LogP contribution in [0.3, 0.4) is 0 Å². The van der Waals surface area contributed by atoms with Gasteiger partial charge in [-0.3, -0.25) is 20.2 Å². The van der Waals surface area contributed by atoms with Crippen molar-refractivity contribution in [2.75, 3.05) is 43.1 Å². The quantitative estimate of drug-likeness (QED) is 0.379. The number of ether oxygens (including phenoxy) is 2. The minimum absolute atomic E-state index is 0.00317. The van der Waals surface area contributed by atoms with Crippen molar-refractivity contribution in [2.45, 2.75) is 6.92 Å². The number of carbonyl (C=O) groups excluding carboxylic acids is 1. The van der Waals surface area contributed by atoms with Crippen LogP contribution in [0.15, 0.2) is 36.4 Å². The van der Waals surface area contributed by atoms with Crippen LogP contribution in [0.25, 0.3) is 0 Å². The van der Waals surface area contributed by atoms with Crippen molar-refractivity contribution in [3.8, 4) is 5.75 Å². The maximum absolute atomic E-state index is 12.4. The number of thiocarbonyl (C=S) groups is 1. The maximum Gasteiger partial charge on any atom is 0.294 e. The van der Waals surface area contributed by atoms with E-state index in [9.17, 15) is 14.9 Å². The van der Waals surface area contributed by atoms with E-state index in [0.29, 0.717) is 60.6 Å². The number of rotatable bonds is 6. The molecule has 1 aliphatic rings. The lowest BCUT2D eigenvalue weighted by molar-refractivity contribution is -0.384. The summed E-state index contributed by atoms with van der Waals surface area (Å²) in [5.41, 5.74) is 1.14. The molecule has 0 aliphatic carbocycles. The molecular formula is C20H21ClN4O5S. The van der Waals surface area contributed by atoms with Gasteiger partial charge in [0.05, 0.1) is 29.8 Å². The number of nitro groups is 1. The zero-order valence-corrected chi connectivity index (χ0v) is 18.3. The molecule has 1 amide bonds. The summed E-state index contributed by atoms with van der Waals surface area (Å²) in [5, 5.41) is 17.2. The second kappa shape index (κ2) is 10.4. The lowest BCUT2D eigenvalue weighted by atomic mass is 10.2. The van der Waals surface area contributed by atoms with E-state index in [-0.39, 0.29) is 10.8 Å². The van der Waals surface area contributed by atoms with Crippen LogP contribution in [0.4, 0.5) is 17.1 Å². The molecule has 1 aliphatic heterocycles. The van der Waals surface area contributed by atoms with Gasteiger partial charge in [-0.15, -0.1) is 0 Å². The van der Waals surface area contributed by atoms with Crippen LogP contribution in [0.5, 0.6) is 5.75 Å². The summed E-state index contributed by atoms with van der Waals surface area (Å²) in [7, 11) is 0. The first-order valence-corrected chi connectivity index (χ1v) is 10.3. The number of nitrogens with one attached hydrogen (secondary N) is 2. The topological polar surface area (TPSA) is 106 Å². The van der Waals surface area contributed by atoms with Crippen molar-refractivity contribution in [1.82, 2.24) is 5.32 Å². The number of benzene rings is 2. The van der Waals surface area contributed by atoms with E-state index < -0.39 is 10.8 Å². The molecule has 0 unspecified atom stereocenters. The highest BCUT2D eigenvalue weighted by Gasteiger charge is 2.22. The number of nitrogens with zero attached hydrogens (tertiary/aromatic N) is 2. The zero-order valence-electron chi connectivity index (χ0n) is 16.7. The van der Waals surface area contributed by atoms with Crippen LogP contribution in [-0.2, 0) is 4.74 Å². The van der Waals surface area contributed by atoms with Gasteiger partial charge in [0.2, 0.25) is 0 Å². The molecule has 2 N–H and O–H groups in total. The standard InChI is InChI=1S/C20H21ClN4O5S/c1-2-30-18-6-3-13(11-15(18)21)19(26)23-20(31)22-14-4-5-16(17(12-14)25(27)28)24-7-9-29-10-8-24/h3-6,11-12H,2,7-10H2,1H3,(H2,22,23,26,31). The second-order valence-electron chi connectivity index (χ2n) is 6.55.